The van der Waals surface area contributed by atoms with Crippen molar-refractivity contribution in [3.8, 4) is 11.5 Å². The monoisotopic (exact) mass is 396 g/mol. The number of nitrogens with two attached hydrogens (primary N) is 2. The molecule has 1 atom stereocenters. The van der Waals surface area contributed by atoms with Gasteiger partial charge in [-0.25, -0.2) is 4.79 Å². The first kappa shape index (κ1) is 19.2. The molecular formula is C22H28N4O3. The quantitative estimate of drug-likeness (QED) is 0.649. The number of amides is 2. The standard InChI is InChI=1S/C22H28N4O3/c1-28-20-9-7-14(10-21(20)29-17-4-2-3-5-17)19-13-26(22(27)25-19)12-15-6-8-16(23)11-18(15)24/h6-11,17,19H,2-5,12-13,23-24H2,1H3,(H,25,27)/t19-/m0/s1. The molecule has 2 aliphatic rings. The molecule has 2 fully saturated rings. The van der Waals surface area contributed by atoms with Crippen molar-refractivity contribution in [3.05, 3.63) is 47.5 Å². The number of carbonyl (C=O) groups excluding carboxylic acids is 1. The van der Waals surface area contributed by atoms with Crippen LogP contribution in [0.3, 0.4) is 0 Å². The number of anilines is 2. The maximum atomic E-state index is 12.5. The van der Waals surface area contributed by atoms with Crippen LogP contribution in [-0.4, -0.2) is 30.7 Å². The molecule has 1 aliphatic heterocycles. The summed E-state index contributed by atoms with van der Waals surface area (Å²) < 4.78 is 11.7. The number of nitrogens with one attached hydrogen (secondary N) is 1. The van der Waals surface area contributed by atoms with Crippen molar-refractivity contribution in [2.75, 3.05) is 25.1 Å². The van der Waals surface area contributed by atoms with Crippen LogP contribution in [-0.2, 0) is 6.54 Å². The van der Waals surface area contributed by atoms with Crippen LogP contribution in [0.5, 0.6) is 11.5 Å². The van der Waals surface area contributed by atoms with Crippen molar-refractivity contribution in [2.45, 2.75) is 44.4 Å². The summed E-state index contributed by atoms with van der Waals surface area (Å²) in [6.45, 7) is 0.994. The fourth-order valence-corrected chi connectivity index (χ4v) is 4.07. The molecule has 0 aromatic heterocycles. The van der Waals surface area contributed by atoms with Crippen LogP contribution in [0.4, 0.5) is 16.2 Å². The Morgan fingerprint density at radius 3 is 2.62 bits per heavy atom. The number of carbonyl (C=O) groups is 1. The Morgan fingerprint density at radius 2 is 1.90 bits per heavy atom. The van der Waals surface area contributed by atoms with Gasteiger partial charge in [-0.05, 0) is 61.1 Å². The van der Waals surface area contributed by atoms with Gasteiger partial charge in [-0.15, -0.1) is 0 Å². The Labute approximate surface area is 171 Å². The molecule has 0 spiro atoms. The topological polar surface area (TPSA) is 103 Å². The Kier molecular flexibility index (Phi) is 5.38. The van der Waals surface area contributed by atoms with Crippen molar-refractivity contribution < 1.29 is 14.3 Å². The molecule has 0 radical (unpaired) electrons. The van der Waals surface area contributed by atoms with Crippen LogP contribution in [0.25, 0.3) is 0 Å². The molecule has 0 unspecified atom stereocenters. The molecule has 29 heavy (non-hydrogen) atoms. The van der Waals surface area contributed by atoms with Gasteiger partial charge in [0.05, 0.1) is 19.3 Å². The van der Waals surface area contributed by atoms with Crippen LogP contribution in [0.15, 0.2) is 36.4 Å². The second kappa shape index (κ2) is 8.11. The minimum Gasteiger partial charge on any atom is -0.493 e. The first-order chi connectivity index (χ1) is 14.0. The molecule has 5 N–H and O–H groups in total. The van der Waals surface area contributed by atoms with Crippen LogP contribution in [0, 0.1) is 0 Å². The first-order valence-corrected chi connectivity index (χ1v) is 10.1. The zero-order valence-corrected chi connectivity index (χ0v) is 16.7. The molecule has 2 aromatic carbocycles. The van der Waals surface area contributed by atoms with Crippen LogP contribution in [0.2, 0.25) is 0 Å². The summed E-state index contributed by atoms with van der Waals surface area (Å²) in [7, 11) is 1.65. The molecule has 7 heteroatoms. The van der Waals surface area contributed by atoms with Crippen molar-refractivity contribution in [3.63, 3.8) is 0 Å². The summed E-state index contributed by atoms with van der Waals surface area (Å²) in [6.07, 6.45) is 4.79. The zero-order chi connectivity index (χ0) is 20.4. The molecule has 2 aromatic rings. The van der Waals surface area contributed by atoms with Crippen LogP contribution < -0.4 is 26.3 Å². The normalized spacial score (nSPS) is 19.4. The van der Waals surface area contributed by atoms with Gasteiger partial charge in [0, 0.05) is 24.5 Å². The van der Waals surface area contributed by atoms with Gasteiger partial charge in [-0.2, -0.15) is 0 Å². The third kappa shape index (κ3) is 4.18. The molecule has 7 nitrogen and oxygen atoms in total. The van der Waals surface area contributed by atoms with E-state index in [1.165, 1.54) is 12.8 Å². The minimum atomic E-state index is -0.116. The maximum absolute atomic E-state index is 12.5. The lowest BCUT2D eigenvalue weighted by Gasteiger charge is -2.19. The molecule has 0 bridgehead atoms. The van der Waals surface area contributed by atoms with Gasteiger partial charge in [0.2, 0.25) is 0 Å². The van der Waals surface area contributed by atoms with E-state index in [0.717, 1.165) is 35.5 Å². The summed E-state index contributed by atoms with van der Waals surface area (Å²) in [4.78, 5) is 14.3. The first-order valence-electron chi connectivity index (χ1n) is 10.1. The second-order valence-corrected chi connectivity index (χ2v) is 7.78. The van der Waals surface area contributed by atoms with E-state index in [2.05, 4.69) is 5.32 Å². The molecular weight excluding hydrogens is 368 g/mol. The van der Waals surface area contributed by atoms with Crippen molar-refractivity contribution >= 4 is 17.4 Å². The third-order valence-electron chi connectivity index (χ3n) is 5.70. The number of benzene rings is 2. The Balaban J connectivity index is 1.49. The van der Waals surface area contributed by atoms with Gasteiger partial charge in [0.1, 0.15) is 0 Å². The van der Waals surface area contributed by atoms with Crippen molar-refractivity contribution in [2.24, 2.45) is 0 Å². The predicted octanol–water partition coefficient (Wildman–Crippen LogP) is 3.45. The number of nitrogen functional groups attached to an aromatic ring is 2. The molecule has 4 rings (SSSR count). The van der Waals surface area contributed by atoms with Crippen molar-refractivity contribution in [1.82, 2.24) is 10.2 Å². The van der Waals surface area contributed by atoms with E-state index in [1.54, 1.807) is 24.1 Å². The summed E-state index contributed by atoms with van der Waals surface area (Å²) >= 11 is 0. The number of hydrogen-bond acceptors (Lipinski definition) is 5. The molecule has 1 saturated heterocycles. The minimum absolute atomic E-state index is 0.111. The SMILES string of the molecule is COc1ccc([C@@H]2CN(Cc3ccc(N)cc3N)C(=O)N2)cc1OC1CCCC1. The summed E-state index contributed by atoms with van der Waals surface area (Å²) in [5.74, 6) is 1.46. The molecule has 2 amide bonds. The highest BCUT2D eigenvalue weighted by molar-refractivity contribution is 5.77. The highest BCUT2D eigenvalue weighted by Crippen LogP contribution is 2.35. The Morgan fingerprint density at radius 1 is 1.10 bits per heavy atom. The Hall–Kier alpha value is -3.09. The lowest BCUT2D eigenvalue weighted by Crippen LogP contribution is -2.28. The lowest BCUT2D eigenvalue weighted by atomic mass is 10.1. The van der Waals surface area contributed by atoms with Gasteiger partial charge in [0.25, 0.3) is 0 Å². The summed E-state index contributed by atoms with van der Waals surface area (Å²) in [5, 5.41) is 3.05. The average molecular weight is 396 g/mol. The van der Waals surface area contributed by atoms with E-state index in [9.17, 15) is 4.79 Å². The lowest BCUT2D eigenvalue weighted by molar-refractivity contribution is 0.200. The number of urea groups is 1. The van der Waals surface area contributed by atoms with Gasteiger partial charge >= 0.3 is 6.03 Å². The zero-order valence-electron chi connectivity index (χ0n) is 16.7. The number of methoxy groups -OCH3 is 1. The van der Waals surface area contributed by atoms with Gasteiger partial charge in [0.15, 0.2) is 11.5 Å². The maximum Gasteiger partial charge on any atom is 0.318 e. The van der Waals surface area contributed by atoms with E-state index in [0.29, 0.717) is 24.5 Å². The van der Waals surface area contributed by atoms with E-state index in [-0.39, 0.29) is 18.2 Å². The number of rotatable bonds is 6. The molecule has 1 heterocycles. The van der Waals surface area contributed by atoms with Gasteiger partial charge in [-0.1, -0.05) is 12.1 Å². The molecule has 1 saturated carbocycles. The van der Waals surface area contributed by atoms with Crippen LogP contribution in [0.1, 0.15) is 42.9 Å². The van der Waals surface area contributed by atoms with E-state index in [4.69, 9.17) is 20.9 Å². The van der Waals surface area contributed by atoms with Crippen molar-refractivity contribution in [1.29, 1.82) is 0 Å². The van der Waals surface area contributed by atoms with Gasteiger partial charge in [-0.3, -0.25) is 0 Å². The second-order valence-electron chi connectivity index (χ2n) is 7.78. The average Bonchev–Trinajstić information content (AvgIpc) is 3.34. The number of ether oxygens (including phenoxy) is 2. The number of nitrogens with zero attached hydrogens (tertiary/aromatic N) is 1. The van der Waals surface area contributed by atoms with Gasteiger partial charge < -0.3 is 31.2 Å². The van der Waals surface area contributed by atoms with E-state index < -0.39 is 0 Å². The smallest absolute Gasteiger partial charge is 0.318 e. The highest BCUT2D eigenvalue weighted by atomic mass is 16.5. The third-order valence-corrected chi connectivity index (χ3v) is 5.70. The van der Waals surface area contributed by atoms with E-state index >= 15 is 0 Å². The summed E-state index contributed by atoms with van der Waals surface area (Å²) in [5.41, 5.74) is 14.9. The largest absolute Gasteiger partial charge is 0.493 e. The number of hydrogen-bond donors (Lipinski definition) is 3. The molecule has 154 valence electrons. The molecule has 1 aliphatic carbocycles. The fraction of sp³-hybridized carbons (Fsp3) is 0.409. The van der Waals surface area contributed by atoms with E-state index in [1.807, 2.05) is 24.3 Å². The van der Waals surface area contributed by atoms with Crippen LogP contribution >= 0.6 is 0 Å². The Bertz CT molecular complexity index is 896. The predicted molar refractivity (Wildman–Crippen MR) is 113 cm³/mol. The highest BCUT2D eigenvalue weighted by Gasteiger charge is 2.31. The fourth-order valence-electron chi connectivity index (χ4n) is 4.07. The summed E-state index contributed by atoms with van der Waals surface area (Å²) in [6, 6.07) is 11.0.